The SMILES string of the molecule is O=C(NCc1cccnc1)c1nn(-c2ccc(Cl)cc2)c(=O)n(Cc2cccc(Cl)c2)c1=O. The summed E-state index contributed by atoms with van der Waals surface area (Å²) in [5.74, 6) is -0.716. The fourth-order valence-electron chi connectivity index (χ4n) is 3.13. The monoisotopic (exact) mass is 481 g/mol. The molecule has 0 aliphatic heterocycles. The summed E-state index contributed by atoms with van der Waals surface area (Å²) in [6.45, 7) is 0.0549. The summed E-state index contributed by atoms with van der Waals surface area (Å²) in [5.41, 5.74) is -0.214. The largest absolute Gasteiger partial charge is 0.352 e. The lowest BCUT2D eigenvalue weighted by Gasteiger charge is -2.12. The number of hydrogen-bond donors (Lipinski definition) is 1. The van der Waals surface area contributed by atoms with Crippen LogP contribution in [0.15, 0.2) is 82.6 Å². The van der Waals surface area contributed by atoms with Crippen LogP contribution >= 0.6 is 23.2 Å². The van der Waals surface area contributed by atoms with Gasteiger partial charge in [0.25, 0.3) is 11.5 Å². The van der Waals surface area contributed by atoms with Gasteiger partial charge < -0.3 is 5.32 Å². The number of aromatic nitrogens is 4. The van der Waals surface area contributed by atoms with E-state index in [4.69, 9.17) is 23.2 Å². The van der Waals surface area contributed by atoms with Crippen LogP contribution in [-0.4, -0.2) is 25.2 Å². The standard InChI is InChI=1S/C23H17Cl2N5O3/c24-17-6-8-19(9-7-17)30-23(33)29(14-15-3-1-5-18(25)11-15)22(32)20(28-30)21(31)27-13-16-4-2-10-26-12-16/h1-12H,13-14H2,(H,27,31). The van der Waals surface area contributed by atoms with Crippen LogP contribution < -0.4 is 16.6 Å². The van der Waals surface area contributed by atoms with Crippen molar-refractivity contribution in [2.45, 2.75) is 13.1 Å². The Labute approximate surface area is 198 Å². The van der Waals surface area contributed by atoms with E-state index in [1.807, 2.05) is 0 Å². The van der Waals surface area contributed by atoms with Gasteiger partial charge in [0.05, 0.1) is 12.2 Å². The van der Waals surface area contributed by atoms with E-state index in [0.717, 1.165) is 14.8 Å². The van der Waals surface area contributed by atoms with Crippen molar-refractivity contribution in [3.8, 4) is 5.69 Å². The van der Waals surface area contributed by atoms with Gasteiger partial charge in [0, 0.05) is 29.0 Å². The lowest BCUT2D eigenvalue weighted by atomic mass is 10.2. The molecular weight excluding hydrogens is 465 g/mol. The van der Waals surface area contributed by atoms with E-state index in [9.17, 15) is 14.4 Å². The summed E-state index contributed by atoms with van der Waals surface area (Å²) in [6, 6.07) is 16.6. The molecule has 8 nitrogen and oxygen atoms in total. The van der Waals surface area contributed by atoms with Gasteiger partial charge in [-0.05, 0) is 53.6 Å². The molecule has 0 radical (unpaired) electrons. The molecule has 0 fully saturated rings. The van der Waals surface area contributed by atoms with Crippen molar-refractivity contribution in [2.75, 3.05) is 0 Å². The lowest BCUT2D eigenvalue weighted by Crippen LogP contribution is -2.46. The summed E-state index contributed by atoms with van der Waals surface area (Å²) in [5, 5.41) is 7.66. The number of nitrogens with zero attached hydrogens (tertiary/aromatic N) is 4. The smallest absolute Gasteiger partial charge is 0.346 e. The van der Waals surface area contributed by atoms with Gasteiger partial charge in [-0.15, -0.1) is 0 Å². The number of pyridine rings is 1. The molecule has 0 saturated carbocycles. The van der Waals surface area contributed by atoms with Gasteiger partial charge in [0.15, 0.2) is 0 Å². The highest BCUT2D eigenvalue weighted by Gasteiger charge is 2.20. The van der Waals surface area contributed by atoms with E-state index in [1.54, 1.807) is 73.1 Å². The highest BCUT2D eigenvalue weighted by Crippen LogP contribution is 2.13. The van der Waals surface area contributed by atoms with E-state index in [-0.39, 0.29) is 13.1 Å². The molecule has 0 saturated heterocycles. The Morgan fingerprint density at radius 3 is 2.39 bits per heavy atom. The minimum absolute atomic E-state index is 0.0861. The van der Waals surface area contributed by atoms with Crippen LogP contribution in [0.5, 0.6) is 0 Å². The van der Waals surface area contributed by atoms with Crippen molar-refractivity contribution < 1.29 is 4.79 Å². The first-order valence-electron chi connectivity index (χ1n) is 9.84. The fraction of sp³-hybridized carbons (Fsp3) is 0.0870. The molecule has 166 valence electrons. The maximum atomic E-state index is 13.2. The van der Waals surface area contributed by atoms with Gasteiger partial charge in [-0.25, -0.2) is 4.79 Å². The number of amides is 1. The minimum atomic E-state index is -0.811. The Bertz CT molecular complexity index is 1420. The van der Waals surface area contributed by atoms with Gasteiger partial charge in [0.2, 0.25) is 5.69 Å². The number of nitrogens with one attached hydrogen (secondary N) is 1. The quantitative estimate of drug-likeness (QED) is 0.456. The van der Waals surface area contributed by atoms with E-state index in [0.29, 0.717) is 21.3 Å². The summed E-state index contributed by atoms with van der Waals surface area (Å²) in [7, 11) is 0. The summed E-state index contributed by atoms with van der Waals surface area (Å²) < 4.78 is 1.95. The van der Waals surface area contributed by atoms with Gasteiger partial charge >= 0.3 is 5.69 Å². The normalized spacial score (nSPS) is 10.7. The Hall–Kier alpha value is -3.75. The van der Waals surface area contributed by atoms with Crippen LogP contribution in [0, 0.1) is 0 Å². The van der Waals surface area contributed by atoms with Crippen molar-refractivity contribution in [1.29, 1.82) is 0 Å². The average Bonchev–Trinajstić information content (AvgIpc) is 2.82. The molecule has 0 unspecified atom stereocenters. The lowest BCUT2D eigenvalue weighted by molar-refractivity contribution is 0.0941. The molecular formula is C23H17Cl2N5O3. The number of halogens is 2. The second kappa shape index (κ2) is 9.81. The predicted molar refractivity (Wildman–Crippen MR) is 125 cm³/mol. The Morgan fingerprint density at radius 1 is 0.939 bits per heavy atom. The minimum Gasteiger partial charge on any atom is -0.346 e. The van der Waals surface area contributed by atoms with Gasteiger partial charge in [-0.2, -0.15) is 9.78 Å². The molecule has 0 atom stereocenters. The molecule has 33 heavy (non-hydrogen) atoms. The van der Waals surface area contributed by atoms with E-state index in [2.05, 4.69) is 15.4 Å². The highest BCUT2D eigenvalue weighted by atomic mass is 35.5. The molecule has 0 aliphatic carbocycles. The molecule has 10 heteroatoms. The number of carbonyl (C=O) groups excluding carboxylic acids is 1. The van der Waals surface area contributed by atoms with Crippen LogP contribution in [0.4, 0.5) is 0 Å². The second-order valence-electron chi connectivity index (χ2n) is 7.08. The molecule has 1 N–H and O–H groups in total. The molecule has 2 aromatic heterocycles. The summed E-state index contributed by atoms with van der Waals surface area (Å²) >= 11 is 12.0. The van der Waals surface area contributed by atoms with Crippen molar-refractivity contribution in [1.82, 2.24) is 24.6 Å². The molecule has 0 aliphatic rings. The third kappa shape index (κ3) is 5.19. The maximum Gasteiger partial charge on any atom is 0.352 e. The van der Waals surface area contributed by atoms with Crippen molar-refractivity contribution >= 4 is 29.1 Å². The van der Waals surface area contributed by atoms with Crippen LogP contribution in [-0.2, 0) is 13.1 Å². The first-order chi connectivity index (χ1) is 15.9. The van der Waals surface area contributed by atoms with E-state index >= 15 is 0 Å². The molecule has 4 aromatic rings. The van der Waals surface area contributed by atoms with Crippen molar-refractivity contribution in [2.24, 2.45) is 0 Å². The van der Waals surface area contributed by atoms with Crippen molar-refractivity contribution in [3.63, 3.8) is 0 Å². The summed E-state index contributed by atoms with van der Waals surface area (Å²) in [4.78, 5) is 43.2. The number of carbonyl (C=O) groups is 1. The van der Waals surface area contributed by atoms with Crippen LogP contribution in [0.1, 0.15) is 21.6 Å². The van der Waals surface area contributed by atoms with Gasteiger partial charge in [0.1, 0.15) is 0 Å². The predicted octanol–water partition coefficient (Wildman–Crippen LogP) is 3.07. The molecule has 4 rings (SSSR count). The average molecular weight is 482 g/mol. The number of hydrogen-bond acceptors (Lipinski definition) is 5. The van der Waals surface area contributed by atoms with E-state index < -0.39 is 22.9 Å². The van der Waals surface area contributed by atoms with Gasteiger partial charge in [-0.1, -0.05) is 41.4 Å². The Morgan fingerprint density at radius 2 is 1.70 bits per heavy atom. The molecule has 1 amide bonds. The highest BCUT2D eigenvalue weighted by molar-refractivity contribution is 6.30. The Kier molecular flexibility index (Phi) is 6.67. The molecule has 0 bridgehead atoms. The zero-order valence-corrected chi connectivity index (χ0v) is 18.6. The first kappa shape index (κ1) is 22.4. The van der Waals surface area contributed by atoms with Gasteiger partial charge in [-0.3, -0.25) is 19.1 Å². The zero-order valence-electron chi connectivity index (χ0n) is 17.1. The molecule has 0 spiro atoms. The number of rotatable bonds is 6. The second-order valence-corrected chi connectivity index (χ2v) is 7.96. The topological polar surface area (TPSA) is 98.9 Å². The number of benzene rings is 2. The van der Waals surface area contributed by atoms with Crippen LogP contribution in [0.3, 0.4) is 0 Å². The van der Waals surface area contributed by atoms with Crippen molar-refractivity contribution in [3.05, 3.63) is 121 Å². The maximum absolute atomic E-state index is 13.2. The van der Waals surface area contributed by atoms with E-state index in [1.165, 1.54) is 0 Å². The zero-order chi connectivity index (χ0) is 23.4. The fourth-order valence-corrected chi connectivity index (χ4v) is 3.47. The summed E-state index contributed by atoms with van der Waals surface area (Å²) in [6.07, 6.45) is 3.21. The van der Waals surface area contributed by atoms with Crippen LogP contribution in [0.25, 0.3) is 5.69 Å². The third-order valence-corrected chi connectivity index (χ3v) is 5.24. The Balaban J connectivity index is 1.78. The molecule has 2 heterocycles. The first-order valence-corrected chi connectivity index (χ1v) is 10.6. The van der Waals surface area contributed by atoms with Crippen LogP contribution in [0.2, 0.25) is 10.0 Å². The third-order valence-electron chi connectivity index (χ3n) is 4.75. The molecule has 2 aromatic carbocycles.